The van der Waals surface area contributed by atoms with Gasteiger partial charge in [-0.1, -0.05) is 6.42 Å². The number of aryl methyl sites for hydroxylation is 1. The Kier molecular flexibility index (Phi) is 4.99. The van der Waals surface area contributed by atoms with Crippen LogP contribution < -0.4 is 11.1 Å². The minimum Gasteiger partial charge on any atom is -0.353 e. The van der Waals surface area contributed by atoms with E-state index >= 15 is 0 Å². The van der Waals surface area contributed by atoms with E-state index in [4.69, 9.17) is 5.73 Å². The zero-order chi connectivity index (χ0) is 13.8. The van der Waals surface area contributed by atoms with Crippen LogP contribution in [0.3, 0.4) is 0 Å². The Hall–Kier alpha value is -0.870. The maximum atomic E-state index is 12.2. The Morgan fingerprint density at radius 1 is 1.53 bits per heavy atom. The minimum atomic E-state index is 0.122. The van der Waals surface area contributed by atoms with Gasteiger partial charge in [0.05, 0.1) is 0 Å². The molecule has 1 fully saturated rings. The number of hydrogen-bond donors (Lipinski definition) is 2. The van der Waals surface area contributed by atoms with Crippen molar-refractivity contribution >= 4 is 17.2 Å². The fourth-order valence-corrected chi connectivity index (χ4v) is 3.79. The molecule has 1 aliphatic rings. The van der Waals surface area contributed by atoms with E-state index in [0.29, 0.717) is 0 Å². The molecule has 0 spiro atoms. The lowest BCUT2D eigenvalue weighted by Gasteiger charge is -2.27. The van der Waals surface area contributed by atoms with E-state index in [-0.39, 0.29) is 23.9 Å². The average molecular weight is 280 g/mol. The van der Waals surface area contributed by atoms with Crippen molar-refractivity contribution < 1.29 is 4.79 Å². The fraction of sp³-hybridized carbons (Fsp3) is 0.667. The van der Waals surface area contributed by atoms with Crippen LogP contribution in [-0.2, 0) is 11.2 Å². The van der Waals surface area contributed by atoms with Crippen LogP contribution in [0.1, 0.15) is 42.4 Å². The topological polar surface area (TPSA) is 55.1 Å². The molecular formula is C15H24N2OS. The zero-order valence-corrected chi connectivity index (χ0v) is 12.6. The number of carbonyl (C=O) groups is 1. The second-order valence-electron chi connectivity index (χ2n) is 5.75. The second-order valence-corrected chi connectivity index (χ2v) is 7.12. The molecule has 3 atom stereocenters. The van der Waals surface area contributed by atoms with Crippen LogP contribution in [0.4, 0.5) is 0 Å². The minimum absolute atomic E-state index is 0.122. The Balaban J connectivity index is 1.81. The van der Waals surface area contributed by atoms with Gasteiger partial charge in [0, 0.05) is 34.2 Å². The van der Waals surface area contributed by atoms with E-state index in [0.717, 1.165) is 32.1 Å². The van der Waals surface area contributed by atoms with E-state index in [1.165, 1.54) is 9.75 Å². The summed E-state index contributed by atoms with van der Waals surface area (Å²) in [5, 5.41) is 3.14. The van der Waals surface area contributed by atoms with Gasteiger partial charge in [-0.15, -0.1) is 11.3 Å². The van der Waals surface area contributed by atoms with Gasteiger partial charge in [0.2, 0.25) is 5.91 Å². The molecule has 0 radical (unpaired) electrons. The highest BCUT2D eigenvalue weighted by atomic mass is 32.1. The first-order valence-corrected chi connectivity index (χ1v) is 7.97. The van der Waals surface area contributed by atoms with Crippen LogP contribution in [0.2, 0.25) is 0 Å². The van der Waals surface area contributed by atoms with Gasteiger partial charge in [0.15, 0.2) is 0 Å². The van der Waals surface area contributed by atoms with Crippen molar-refractivity contribution in [3.05, 3.63) is 21.9 Å². The molecular weight excluding hydrogens is 256 g/mol. The number of carbonyl (C=O) groups excluding carboxylic acids is 1. The molecule has 4 heteroatoms. The van der Waals surface area contributed by atoms with Gasteiger partial charge < -0.3 is 11.1 Å². The van der Waals surface area contributed by atoms with E-state index in [9.17, 15) is 4.79 Å². The average Bonchev–Trinajstić information content (AvgIpc) is 2.74. The summed E-state index contributed by atoms with van der Waals surface area (Å²) in [7, 11) is 0. The molecule has 0 bridgehead atoms. The Morgan fingerprint density at radius 2 is 2.32 bits per heavy atom. The maximum absolute atomic E-state index is 12.2. The molecule has 1 aliphatic carbocycles. The molecule has 0 aromatic carbocycles. The monoisotopic (exact) mass is 280 g/mol. The quantitative estimate of drug-likeness (QED) is 0.891. The summed E-state index contributed by atoms with van der Waals surface area (Å²) in [5.41, 5.74) is 5.94. The first-order valence-electron chi connectivity index (χ1n) is 7.16. The zero-order valence-electron chi connectivity index (χ0n) is 11.8. The van der Waals surface area contributed by atoms with E-state index < -0.39 is 0 Å². The van der Waals surface area contributed by atoms with Crippen molar-refractivity contribution in [2.24, 2.45) is 11.7 Å². The fourth-order valence-electron chi connectivity index (χ4n) is 2.77. The molecule has 106 valence electrons. The molecule has 1 saturated carbocycles. The van der Waals surface area contributed by atoms with Crippen LogP contribution in [0.15, 0.2) is 12.1 Å². The number of rotatable bonds is 4. The van der Waals surface area contributed by atoms with E-state index in [1.54, 1.807) is 0 Å². The highest BCUT2D eigenvalue weighted by Crippen LogP contribution is 2.23. The van der Waals surface area contributed by atoms with E-state index in [2.05, 4.69) is 31.3 Å². The number of hydrogen-bond acceptors (Lipinski definition) is 3. The summed E-state index contributed by atoms with van der Waals surface area (Å²) in [6.07, 6.45) is 4.90. The molecule has 1 heterocycles. The molecule has 3 N–H and O–H groups in total. The lowest BCUT2D eigenvalue weighted by molar-refractivity contribution is -0.126. The first kappa shape index (κ1) is 14.5. The van der Waals surface area contributed by atoms with Crippen molar-refractivity contribution in [2.45, 2.75) is 58.0 Å². The van der Waals surface area contributed by atoms with Gasteiger partial charge in [-0.05, 0) is 45.2 Å². The second kappa shape index (κ2) is 6.53. The molecule has 3 nitrogen and oxygen atoms in total. The Morgan fingerprint density at radius 3 is 2.95 bits per heavy atom. The summed E-state index contributed by atoms with van der Waals surface area (Å²) >= 11 is 1.81. The largest absolute Gasteiger partial charge is 0.353 e. The predicted molar refractivity (Wildman–Crippen MR) is 80.3 cm³/mol. The molecule has 0 saturated heterocycles. The third-order valence-electron chi connectivity index (χ3n) is 3.78. The van der Waals surface area contributed by atoms with Crippen LogP contribution in [-0.4, -0.2) is 18.0 Å². The lowest BCUT2D eigenvalue weighted by Crippen LogP contribution is -2.42. The molecule has 1 aromatic rings. The summed E-state index contributed by atoms with van der Waals surface area (Å²) in [6, 6.07) is 4.69. The number of thiophene rings is 1. The lowest BCUT2D eigenvalue weighted by atomic mass is 9.85. The van der Waals surface area contributed by atoms with Crippen molar-refractivity contribution in [3.8, 4) is 0 Å². The highest BCUT2D eigenvalue weighted by Gasteiger charge is 2.26. The Labute approximate surface area is 119 Å². The summed E-state index contributed by atoms with van der Waals surface area (Å²) in [6.45, 7) is 4.19. The van der Waals surface area contributed by atoms with Crippen LogP contribution >= 0.6 is 11.3 Å². The van der Waals surface area contributed by atoms with Gasteiger partial charge >= 0.3 is 0 Å². The predicted octanol–water partition coefficient (Wildman–Crippen LogP) is 2.62. The number of nitrogens with one attached hydrogen (secondary N) is 1. The smallest absolute Gasteiger partial charge is 0.223 e. The third kappa shape index (κ3) is 4.32. The molecule has 0 aliphatic heterocycles. The number of amides is 1. The van der Waals surface area contributed by atoms with Crippen molar-refractivity contribution in [3.63, 3.8) is 0 Å². The summed E-state index contributed by atoms with van der Waals surface area (Å²) in [5.74, 6) is 0.312. The standard InChI is InChI=1S/C15H24N2OS/c1-10(8-14-7-6-11(2)19-14)17-15(18)12-4-3-5-13(16)9-12/h6-7,10,12-13H,3-5,8-9,16H2,1-2H3,(H,17,18). The SMILES string of the molecule is Cc1ccc(CC(C)NC(=O)C2CCCC(N)C2)s1. The normalized spacial score (nSPS) is 25.0. The van der Waals surface area contributed by atoms with Gasteiger partial charge in [0.1, 0.15) is 0 Å². The summed E-state index contributed by atoms with van der Waals surface area (Å²) in [4.78, 5) is 14.9. The third-order valence-corrected chi connectivity index (χ3v) is 4.80. The van der Waals surface area contributed by atoms with Gasteiger partial charge in [-0.25, -0.2) is 0 Å². The van der Waals surface area contributed by atoms with Crippen LogP contribution in [0.5, 0.6) is 0 Å². The molecule has 2 rings (SSSR count). The highest BCUT2D eigenvalue weighted by molar-refractivity contribution is 7.11. The maximum Gasteiger partial charge on any atom is 0.223 e. The molecule has 1 aromatic heterocycles. The van der Waals surface area contributed by atoms with Gasteiger partial charge in [0.25, 0.3) is 0 Å². The molecule has 1 amide bonds. The van der Waals surface area contributed by atoms with E-state index in [1.807, 2.05) is 11.3 Å². The van der Waals surface area contributed by atoms with Crippen molar-refractivity contribution in [1.29, 1.82) is 0 Å². The molecule has 19 heavy (non-hydrogen) atoms. The Bertz CT molecular complexity index is 430. The number of nitrogens with two attached hydrogens (primary N) is 1. The van der Waals surface area contributed by atoms with Gasteiger partial charge in [-0.3, -0.25) is 4.79 Å². The summed E-state index contributed by atoms with van der Waals surface area (Å²) < 4.78 is 0. The van der Waals surface area contributed by atoms with Crippen LogP contribution in [0, 0.1) is 12.8 Å². The van der Waals surface area contributed by atoms with Crippen molar-refractivity contribution in [2.75, 3.05) is 0 Å². The first-order chi connectivity index (χ1) is 9.04. The van der Waals surface area contributed by atoms with Crippen molar-refractivity contribution in [1.82, 2.24) is 5.32 Å². The van der Waals surface area contributed by atoms with Gasteiger partial charge in [-0.2, -0.15) is 0 Å². The van der Waals surface area contributed by atoms with Crippen LogP contribution in [0.25, 0.3) is 0 Å². The molecule has 3 unspecified atom stereocenters.